The van der Waals surface area contributed by atoms with Gasteiger partial charge in [-0.05, 0) is 31.0 Å². The topological polar surface area (TPSA) is 91.2 Å². The Bertz CT molecular complexity index is 796. The Kier molecular flexibility index (Phi) is 4.68. The van der Waals surface area contributed by atoms with Crippen molar-refractivity contribution in [2.45, 2.75) is 13.8 Å². The van der Waals surface area contributed by atoms with Crippen molar-refractivity contribution >= 4 is 40.5 Å². The first kappa shape index (κ1) is 17.3. The summed E-state index contributed by atoms with van der Waals surface area (Å²) >= 11 is 12.0. The van der Waals surface area contributed by atoms with E-state index < -0.39 is 11.8 Å². The van der Waals surface area contributed by atoms with Gasteiger partial charge in [-0.15, -0.1) is 0 Å². The number of nitrogens with two attached hydrogens (primary N) is 2. The maximum atomic E-state index is 14.6. The molecular weight excluding hydrogens is 344 g/mol. The van der Waals surface area contributed by atoms with Gasteiger partial charge in [0.25, 0.3) is 0 Å². The van der Waals surface area contributed by atoms with Gasteiger partial charge >= 0.3 is 5.97 Å². The van der Waals surface area contributed by atoms with Crippen molar-refractivity contribution in [1.82, 2.24) is 4.98 Å². The molecule has 0 aliphatic carbocycles. The summed E-state index contributed by atoms with van der Waals surface area (Å²) < 4.78 is 19.2. The SMILES string of the molecule is COC(=O)c1nc(-c2c(C)c(C)c(Cl)c(N)c2F)cc(N)c1Cl. The zero-order valence-electron chi connectivity index (χ0n) is 12.6. The Balaban J connectivity index is 2.83. The number of pyridine rings is 1. The maximum absolute atomic E-state index is 14.6. The van der Waals surface area contributed by atoms with Gasteiger partial charge in [-0.25, -0.2) is 14.2 Å². The van der Waals surface area contributed by atoms with Crippen molar-refractivity contribution in [2.75, 3.05) is 18.6 Å². The Morgan fingerprint density at radius 3 is 2.39 bits per heavy atom. The van der Waals surface area contributed by atoms with Gasteiger partial charge in [0.05, 0.1) is 34.2 Å². The number of ether oxygens (including phenoxy) is 1. The van der Waals surface area contributed by atoms with Crippen LogP contribution in [0.3, 0.4) is 0 Å². The number of nitrogen functional groups attached to an aromatic ring is 2. The van der Waals surface area contributed by atoms with Crippen LogP contribution in [0.4, 0.5) is 15.8 Å². The number of aromatic nitrogens is 1. The molecule has 2 aromatic rings. The summed E-state index contributed by atoms with van der Waals surface area (Å²) in [5, 5.41) is 0.0798. The lowest BCUT2D eigenvalue weighted by molar-refractivity contribution is 0.0594. The molecule has 23 heavy (non-hydrogen) atoms. The molecule has 0 bridgehead atoms. The van der Waals surface area contributed by atoms with Crippen molar-refractivity contribution in [2.24, 2.45) is 0 Å². The molecule has 122 valence electrons. The third-order valence-corrected chi connectivity index (χ3v) is 4.46. The van der Waals surface area contributed by atoms with Crippen molar-refractivity contribution in [1.29, 1.82) is 0 Å². The molecule has 1 heterocycles. The van der Waals surface area contributed by atoms with Crippen LogP contribution in [-0.2, 0) is 4.74 Å². The monoisotopic (exact) mass is 357 g/mol. The lowest BCUT2D eigenvalue weighted by Crippen LogP contribution is -2.09. The summed E-state index contributed by atoms with van der Waals surface area (Å²) in [6, 6.07) is 1.37. The molecule has 0 aliphatic heterocycles. The third kappa shape index (κ3) is 2.80. The number of carbonyl (C=O) groups excluding carboxylic acids is 1. The summed E-state index contributed by atoms with van der Waals surface area (Å²) in [4.78, 5) is 15.8. The van der Waals surface area contributed by atoms with Gasteiger partial charge in [-0.2, -0.15) is 0 Å². The van der Waals surface area contributed by atoms with Crippen LogP contribution in [0.5, 0.6) is 0 Å². The number of hydrogen-bond donors (Lipinski definition) is 2. The molecule has 0 atom stereocenters. The molecule has 1 aromatic carbocycles. The van der Waals surface area contributed by atoms with E-state index in [1.165, 1.54) is 13.2 Å². The third-order valence-electron chi connectivity index (χ3n) is 3.58. The first-order valence-electron chi connectivity index (χ1n) is 6.49. The first-order chi connectivity index (χ1) is 10.7. The largest absolute Gasteiger partial charge is 0.464 e. The van der Waals surface area contributed by atoms with Crippen LogP contribution in [0.1, 0.15) is 21.6 Å². The molecule has 0 radical (unpaired) electrons. The molecule has 8 heteroatoms. The van der Waals surface area contributed by atoms with Crippen LogP contribution in [0.25, 0.3) is 11.3 Å². The summed E-state index contributed by atoms with van der Waals surface area (Å²) in [7, 11) is 1.18. The lowest BCUT2D eigenvalue weighted by atomic mass is 9.98. The van der Waals surface area contributed by atoms with E-state index in [0.29, 0.717) is 11.1 Å². The average molecular weight is 358 g/mol. The summed E-state index contributed by atoms with van der Waals surface area (Å²) in [5.41, 5.74) is 12.5. The van der Waals surface area contributed by atoms with E-state index in [9.17, 15) is 9.18 Å². The standard InChI is InChI=1S/C15H14Cl2FN3O2/c1-5-6(2)10(16)13(20)12(18)9(5)8-4-7(19)11(17)14(21-8)15(22)23-3/h4H,20H2,1-3H3,(H2,19,21). The molecular formula is C15H14Cl2FN3O2. The fraction of sp³-hybridized carbons (Fsp3) is 0.200. The van der Waals surface area contributed by atoms with Crippen molar-refractivity contribution in [3.63, 3.8) is 0 Å². The van der Waals surface area contributed by atoms with Gasteiger partial charge in [0, 0.05) is 5.56 Å². The average Bonchev–Trinajstić information content (AvgIpc) is 2.53. The molecule has 0 saturated heterocycles. The molecule has 0 spiro atoms. The van der Waals surface area contributed by atoms with Gasteiger partial charge in [-0.3, -0.25) is 0 Å². The Hall–Kier alpha value is -2.05. The van der Waals surface area contributed by atoms with Crippen molar-refractivity contribution in [3.8, 4) is 11.3 Å². The fourth-order valence-electron chi connectivity index (χ4n) is 2.16. The second kappa shape index (κ2) is 6.22. The number of halogens is 3. The van der Waals surface area contributed by atoms with E-state index >= 15 is 0 Å². The van der Waals surface area contributed by atoms with E-state index in [2.05, 4.69) is 9.72 Å². The molecule has 0 aliphatic rings. The van der Waals surface area contributed by atoms with E-state index in [1.54, 1.807) is 13.8 Å². The quantitative estimate of drug-likeness (QED) is 0.630. The van der Waals surface area contributed by atoms with Gasteiger partial charge in [0.2, 0.25) is 0 Å². The van der Waals surface area contributed by atoms with Crippen LogP contribution < -0.4 is 11.5 Å². The van der Waals surface area contributed by atoms with Crippen molar-refractivity contribution in [3.05, 3.63) is 38.7 Å². The number of anilines is 2. The molecule has 0 unspecified atom stereocenters. The van der Waals surface area contributed by atoms with Crippen LogP contribution >= 0.6 is 23.2 Å². The molecule has 2 rings (SSSR count). The van der Waals surface area contributed by atoms with Crippen molar-refractivity contribution < 1.29 is 13.9 Å². The minimum Gasteiger partial charge on any atom is -0.464 e. The van der Waals surface area contributed by atoms with Crippen LogP contribution in [0.2, 0.25) is 10.0 Å². The van der Waals surface area contributed by atoms with Crippen LogP contribution in [0, 0.1) is 19.7 Å². The molecule has 0 saturated carbocycles. The minimum atomic E-state index is -0.778. The normalized spacial score (nSPS) is 10.7. The summed E-state index contributed by atoms with van der Waals surface area (Å²) in [6.07, 6.45) is 0. The van der Waals surface area contributed by atoms with E-state index in [0.717, 1.165) is 0 Å². The minimum absolute atomic E-state index is 0.0580. The van der Waals surface area contributed by atoms with E-state index in [1.807, 2.05) is 0 Å². The van der Waals surface area contributed by atoms with Crippen LogP contribution in [0.15, 0.2) is 6.07 Å². The van der Waals surface area contributed by atoms with Gasteiger partial charge in [-0.1, -0.05) is 23.2 Å². The number of esters is 1. The predicted molar refractivity (Wildman–Crippen MR) is 89.3 cm³/mol. The second-order valence-electron chi connectivity index (χ2n) is 4.92. The number of nitrogens with zero attached hydrogens (tertiary/aromatic N) is 1. The van der Waals surface area contributed by atoms with Gasteiger partial charge < -0.3 is 16.2 Å². The second-order valence-corrected chi connectivity index (χ2v) is 5.67. The number of benzene rings is 1. The Morgan fingerprint density at radius 2 is 1.83 bits per heavy atom. The highest BCUT2D eigenvalue weighted by Crippen LogP contribution is 2.38. The zero-order valence-corrected chi connectivity index (χ0v) is 14.1. The smallest absolute Gasteiger partial charge is 0.358 e. The summed E-state index contributed by atoms with van der Waals surface area (Å²) in [5.74, 6) is -1.51. The molecule has 4 N–H and O–H groups in total. The molecule has 0 amide bonds. The van der Waals surface area contributed by atoms with E-state index in [-0.39, 0.29) is 38.4 Å². The fourth-order valence-corrected chi connectivity index (χ4v) is 2.56. The lowest BCUT2D eigenvalue weighted by Gasteiger charge is -2.16. The highest BCUT2D eigenvalue weighted by atomic mass is 35.5. The number of rotatable bonds is 2. The van der Waals surface area contributed by atoms with Gasteiger partial charge in [0.15, 0.2) is 11.5 Å². The number of methoxy groups -OCH3 is 1. The first-order valence-corrected chi connectivity index (χ1v) is 7.24. The highest BCUT2D eigenvalue weighted by molar-refractivity contribution is 6.36. The maximum Gasteiger partial charge on any atom is 0.358 e. The summed E-state index contributed by atoms with van der Waals surface area (Å²) in [6.45, 7) is 3.38. The predicted octanol–water partition coefficient (Wildman–Crippen LogP) is 3.76. The van der Waals surface area contributed by atoms with Gasteiger partial charge in [0.1, 0.15) is 0 Å². The highest BCUT2D eigenvalue weighted by Gasteiger charge is 2.23. The van der Waals surface area contributed by atoms with Crippen LogP contribution in [-0.4, -0.2) is 18.1 Å². The Labute approximate surface area is 142 Å². The molecule has 5 nitrogen and oxygen atoms in total. The van der Waals surface area contributed by atoms with E-state index in [4.69, 9.17) is 34.7 Å². The molecule has 0 fully saturated rings. The number of carbonyl (C=O) groups is 1. The molecule has 1 aromatic heterocycles. The zero-order chi connectivity index (χ0) is 17.5. The number of hydrogen-bond acceptors (Lipinski definition) is 5. The Morgan fingerprint density at radius 1 is 1.22 bits per heavy atom.